The van der Waals surface area contributed by atoms with Gasteiger partial charge in [-0.15, -0.1) is 0 Å². The van der Waals surface area contributed by atoms with E-state index in [1.54, 1.807) is 0 Å². The zero-order valence-corrected chi connectivity index (χ0v) is 22.5. The molecule has 0 saturated carbocycles. The van der Waals surface area contributed by atoms with Gasteiger partial charge in [-0.2, -0.15) is 0 Å². The Bertz CT molecular complexity index is 1460. The molecule has 0 saturated heterocycles. The molecule has 202 valence electrons. The lowest BCUT2D eigenvalue weighted by Gasteiger charge is -2.09. The second kappa shape index (κ2) is 13.0. The number of benzene rings is 3. The van der Waals surface area contributed by atoms with Crippen LogP contribution in [0.2, 0.25) is 0 Å². The topological polar surface area (TPSA) is 88.8 Å². The van der Waals surface area contributed by atoms with Crippen molar-refractivity contribution in [1.82, 2.24) is 4.57 Å². The number of fused-ring (bicyclic) bond motifs is 1. The van der Waals surface area contributed by atoms with Crippen LogP contribution in [0.3, 0.4) is 0 Å². The molecule has 0 aliphatic rings. The maximum atomic E-state index is 11.5. The van der Waals surface area contributed by atoms with Gasteiger partial charge in [-0.3, -0.25) is 9.59 Å². The first-order valence-electron chi connectivity index (χ1n) is 13.3. The lowest BCUT2D eigenvalue weighted by atomic mass is 10.0. The molecule has 0 atom stereocenters. The van der Waals surface area contributed by atoms with E-state index < -0.39 is 11.9 Å². The van der Waals surface area contributed by atoms with Crippen molar-refractivity contribution in [3.05, 3.63) is 101 Å². The summed E-state index contributed by atoms with van der Waals surface area (Å²) in [7, 11) is 0. The first-order chi connectivity index (χ1) is 18.8. The van der Waals surface area contributed by atoms with Crippen molar-refractivity contribution in [2.45, 2.75) is 52.7 Å². The van der Waals surface area contributed by atoms with E-state index in [1.165, 1.54) is 5.56 Å². The number of hydrogen-bond acceptors (Lipinski definition) is 3. The van der Waals surface area contributed by atoms with Crippen LogP contribution in [0.25, 0.3) is 23.1 Å². The predicted molar refractivity (Wildman–Crippen MR) is 155 cm³/mol. The molecule has 4 aromatic rings. The van der Waals surface area contributed by atoms with Gasteiger partial charge < -0.3 is 19.5 Å². The molecule has 0 amide bonds. The second-order valence-corrected chi connectivity index (χ2v) is 10.3. The van der Waals surface area contributed by atoms with Crippen LogP contribution in [0.1, 0.15) is 54.5 Å². The minimum Gasteiger partial charge on any atom is -0.489 e. The van der Waals surface area contributed by atoms with Crippen molar-refractivity contribution < 1.29 is 24.5 Å². The van der Waals surface area contributed by atoms with Gasteiger partial charge in [0.05, 0.1) is 6.42 Å². The molecular weight excluding hydrogens is 490 g/mol. The van der Waals surface area contributed by atoms with E-state index in [-0.39, 0.29) is 12.8 Å². The molecule has 0 aliphatic heterocycles. The first-order valence-corrected chi connectivity index (χ1v) is 13.3. The van der Waals surface area contributed by atoms with E-state index in [9.17, 15) is 14.7 Å². The van der Waals surface area contributed by atoms with Gasteiger partial charge in [-0.1, -0.05) is 74.5 Å². The molecule has 0 radical (unpaired) electrons. The molecule has 4 rings (SSSR count). The molecule has 0 spiro atoms. The molecule has 0 unspecified atom stereocenters. The average Bonchev–Trinajstić information content (AvgIpc) is 3.23. The fourth-order valence-corrected chi connectivity index (χ4v) is 4.84. The number of rotatable bonds is 13. The number of nitrogens with zero attached hydrogens (tertiary/aromatic N) is 1. The Morgan fingerprint density at radius 2 is 1.67 bits per heavy atom. The number of carboxylic acids is 2. The Labute approximate surface area is 229 Å². The van der Waals surface area contributed by atoms with Crippen LogP contribution in [0, 0.1) is 5.92 Å². The van der Waals surface area contributed by atoms with Gasteiger partial charge in [-0.05, 0) is 64.8 Å². The van der Waals surface area contributed by atoms with E-state index >= 15 is 0 Å². The lowest BCUT2D eigenvalue weighted by Crippen LogP contribution is -2.01. The van der Waals surface area contributed by atoms with Gasteiger partial charge >= 0.3 is 11.9 Å². The Morgan fingerprint density at radius 3 is 2.38 bits per heavy atom. The summed E-state index contributed by atoms with van der Waals surface area (Å²) in [6, 6.07) is 22.3. The van der Waals surface area contributed by atoms with Gasteiger partial charge in [0.25, 0.3) is 0 Å². The van der Waals surface area contributed by atoms with Crippen LogP contribution in [0.5, 0.6) is 5.75 Å². The highest BCUT2D eigenvalue weighted by Gasteiger charge is 2.14. The molecule has 1 aromatic heterocycles. The van der Waals surface area contributed by atoms with Crippen molar-refractivity contribution in [3.63, 3.8) is 0 Å². The molecule has 0 bridgehead atoms. The fourth-order valence-electron chi connectivity index (χ4n) is 4.84. The fraction of sp³-hybridized carbons (Fsp3) is 0.273. The smallest absolute Gasteiger partial charge is 0.307 e. The molecular formula is C33H35NO5. The Morgan fingerprint density at radius 1 is 0.923 bits per heavy atom. The molecule has 6 nitrogen and oxygen atoms in total. The summed E-state index contributed by atoms with van der Waals surface area (Å²) < 4.78 is 7.97. The summed E-state index contributed by atoms with van der Waals surface area (Å²) in [5.74, 6) is -0.333. The number of aliphatic carboxylic acids is 2. The van der Waals surface area contributed by atoms with Gasteiger partial charge in [0.1, 0.15) is 12.4 Å². The Hall–Kier alpha value is -4.32. The van der Waals surface area contributed by atoms with Crippen LogP contribution in [0.4, 0.5) is 0 Å². The van der Waals surface area contributed by atoms with Crippen LogP contribution in [-0.4, -0.2) is 26.7 Å². The second-order valence-electron chi connectivity index (χ2n) is 10.3. The van der Waals surface area contributed by atoms with Crippen molar-refractivity contribution in [2.24, 2.45) is 5.92 Å². The first kappa shape index (κ1) is 27.7. The maximum absolute atomic E-state index is 11.5. The molecule has 39 heavy (non-hydrogen) atoms. The van der Waals surface area contributed by atoms with Gasteiger partial charge in [0, 0.05) is 30.1 Å². The SMILES string of the molecule is CC(C)Cc1cccc(COc2ccc(/C=C/c3cccc4c3c(CC(=O)O)cn4CCCC(=O)O)cc2)c1. The van der Waals surface area contributed by atoms with E-state index in [0.29, 0.717) is 31.1 Å². The summed E-state index contributed by atoms with van der Waals surface area (Å²) in [6.45, 7) is 5.46. The Balaban J connectivity index is 1.48. The normalized spacial score (nSPS) is 11.5. The predicted octanol–water partition coefficient (Wildman–Crippen LogP) is 7.08. The molecule has 6 heteroatoms. The largest absolute Gasteiger partial charge is 0.489 e. The summed E-state index contributed by atoms with van der Waals surface area (Å²) in [6.07, 6.45) is 7.32. The van der Waals surface area contributed by atoms with Crippen molar-refractivity contribution in [2.75, 3.05) is 0 Å². The number of aromatic nitrogens is 1. The minimum absolute atomic E-state index is 0.0672. The molecule has 1 heterocycles. The van der Waals surface area contributed by atoms with Crippen molar-refractivity contribution in [1.29, 1.82) is 0 Å². The standard InChI is InChI=1S/C33H35NO5/c1-23(2)18-25-6-3-7-26(19-25)22-39-29-15-12-24(13-16-29)11-14-27-8-4-9-30-33(27)28(20-32(37)38)21-34(30)17-5-10-31(35)36/h3-4,6-9,11-16,19,21,23H,5,10,17-18,20,22H2,1-2H3,(H,35,36)(H,37,38)/b14-11+. The van der Waals surface area contributed by atoms with Gasteiger partial charge in [0.15, 0.2) is 0 Å². The number of aryl methyl sites for hydroxylation is 1. The van der Waals surface area contributed by atoms with Gasteiger partial charge in [0.2, 0.25) is 0 Å². The number of carboxylic acid groups (broad SMARTS) is 2. The molecule has 3 aromatic carbocycles. The molecule has 0 fully saturated rings. The van der Waals surface area contributed by atoms with E-state index in [0.717, 1.165) is 39.8 Å². The third-order valence-corrected chi connectivity index (χ3v) is 6.52. The highest BCUT2D eigenvalue weighted by molar-refractivity contribution is 5.96. The summed E-state index contributed by atoms with van der Waals surface area (Å²) in [5, 5.41) is 19.3. The van der Waals surface area contributed by atoms with Crippen LogP contribution < -0.4 is 4.74 Å². The van der Waals surface area contributed by atoms with E-state index in [4.69, 9.17) is 9.84 Å². The van der Waals surface area contributed by atoms with E-state index in [1.807, 2.05) is 65.4 Å². The minimum atomic E-state index is -0.902. The third-order valence-electron chi connectivity index (χ3n) is 6.52. The number of ether oxygens (including phenoxy) is 1. The van der Waals surface area contributed by atoms with Crippen molar-refractivity contribution >= 4 is 35.0 Å². The maximum Gasteiger partial charge on any atom is 0.307 e. The summed E-state index contributed by atoms with van der Waals surface area (Å²) >= 11 is 0. The summed E-state index contributed by atoms with van der Waals surface area (Å²) in [5.41, 5.74) is 6.01. The van der Waals surface area contributed by atoms with Crippen LogP contribution >= 0.6 is 0 Å². The highest BCUT2D eigenvalue weighted by Crippen LogP contribution is 2.28. The third kappa shape index (κ3) is 7.84. The van der Waals surface area contributed by atoms with Crippen LogP contribution in [-0.2, 0) is 35.6 Å². The van der Waals surface area contributed by atoms with Gasteiger partial charge in [-0.25, -0.2) is 0 Å². The quantitative estimate of drug-likeness (QED) is 0.182. The zero-order valence-electron chi connectivity index (χ0n) is 22.5. The lowest BCUT2D eigenvalue weighted by molar-refractivity contribution is -0.137. The number of carbonyl (C=O) groups is 2. The van der Waals surface area contributed by atoms with Crippen molar-refractivity contribution in [3.8, 4) is 5.75 Å². The molecule has 2 N–H and O–H groups in total. The van der Waals surface area contributed by atoms with Crippen LogP contribution in [0.15, 0.2) is 72.9 Å². The molecule has 0 aliphatic carbocycles. The summed E-state index contributed by atoms with van der Waals surface area (Å²) in [4.78, 5) is 22.5. The van der Waals surface area contributed by atoms with E-state index in [2.05, 4.69) is 38.1 Å². The number of hydrogen-bond donors (Lipinski definition) is 2. The highest BCUT2D eigenvalue weighted by atomic mass is 16.5. The Kier molecular flexibility index (Phi) is 9.21. The zero-order chi connectivity index (χ0) is 27.8. The monoisotopic (exact) mass is 525 g/mol. The average molecular weight is 526 g/mol.